The lowest BCUT2D eigenvalue weighted by Crippen LogP contribution is -2.44. The molecule has 0 spiro atoms. The smallest absolute Gasteiger partial charge is 0.411 e. The van der Waals surface area contributed by atoms with Gasteiger partial charge in [-0.15, -0.1) is 0 Å². The first-order valence-electron chi connectivity index (χ1n) is 19.4. The molecule has 4 amide bonds. The monoisotopic (exact) mass is 777 g/mol. The van der Waals surface area contributed by atoms with Gasteiger partial charge < -0.3 is 35.4 Å². The van der Waals surface area contributed by atoms with E-state index < -0.39 is 36.1 Å². The second-order valence-electron chi connectivity index (χ2n) is 15.1. The van der Waals surface area contributed by atoms with Gasteiger partial charge in [-0.1, -0.05) is 64.1 Å². The minimum Gasteiger partial charge on any atom is -0.465 e. The van der Waals surface area contributed by atoms with Crippen LogP contribution in [-0.2, 0) is 14.3 Å². The number of hydrogen-bond donors (Lipinski definition) is 6. The summed E-state index contributed by atoms with van der Waals surface area (Å²) in [7, 11) is 0. The molecule has 2 aliphatic heterocycles. The van der Waals surface area contributed by atoms with Crippen molar-refractivity contribution in [3.8, 4) is 11.1 Å². The Bertz CT molecular complexity index is 1910. The summed E-state index contributed by atoms with van der Waals surface area (Å²) in [6.07, 6.45) is 0.869. The third kappa shape index (κ3) is 10.00. The summed E-state index contributed by atoms with van der Waals surface area (Å²) in [5.41, 5.74) is 6.71. The molecule has 3 heterocycles. The first-order valence-corrected chi connectivity index (χ1v) is 19.4. The van der Waals surface area contributed by atoms with E-state index in [4.69, 9.17) is 19.9 Å². The lowest BCUT2D eigenvalue weighted by molar-refractivity contribution is -0.122. The van der Waals surface area contributed by atoms with Crippen LogP contribution in [0.2, 0.25) is 0 Å². The van der Waals surface area contributed by atoms with Crippen molar-refractivity contribution in [3.05, 3.63) is 102 Å². The van der Waals surface area contributed by atoms with Crippen LogP contribution < -0.4 is 31.1 Å². The molecular weight excluding hydrogens is 727 g/mol. The van der Waals surface area contributed by atoms with Gasteiger partial charge in [-0.3, -0.25) is 20.2 Å². The van der Waals surface area contributed by atoms with Crippen LogP contribution in [0.15, 0.2) is 91.1 Å². The van der Waals surface area contributed by atoms with Crippen LogP contribution in [-0.4, -0.2) is 77.6 Å². The molecule has 2 aliphatic rings. The van der Waals surface area contributed by atoms with E-state index in [-0.39, 0.29) is 23.9 Å². The molecule has 0 aliphatic carbocycles. The van der Waals surface area contributed by atoms with Crippen LogP contribution in [0, 0.1) is 11.8 Å². The van der Waals surface area contributed by atoms with Crippen LogP contribution in [0.4, 0.5) is 32.5 Å². The number of nitrogens with one attached hydrogen (secondary N) is 4. The van der Waals surface area contributed by atoms with Gasteiger partial charge in [-0.2, -0.15) is 0 Å². The highest BCUT2D eigenvalue weighted by atomic mass is 16.5. The van der Waals surface area contributed by atoms with E-state index in [2.05, 4.69) is 56.8 Å². The Morgan fingerprint density at radius 1 is 0.649 bits per heavy atom. The number of benzene rings is 3. The summed E-state index contributed by atoms with van der Waals surface area (Å²) in [5, 5.41) is 28.5. The molecular formula is C43H51N7O7. The fourth-order valence-corrected chi connectivity index (χ4v) is 7.59. The van der Waals surface area contributed by atoms with Crippen molar-refractivity contribution in [1.82, 2.24) is 15.6 Å². The van der Waals surface area contributed by atoms with Gasteiger partial charge in [0.15, 0.2) is 0 Å². The number of nitrogens with zero attached hydrogens (tertiary/aromatic N) is 3. The summed E-state index contributed by atoms with van der Waals surface area (Å²) in [4.78, 5) is 56.9. The number of amides is 4. The molecule has 57 heavy (non-hydrogen) atoms. The molecule has 1 aromatic heterocycles. The Hall–Kier alpha value is -6.15. The first kappa shape index (κ1) is 40.5. The van der Waals surface area contributed by atoms with Crippen molar-refractivity contribution < 1.29 is 34.1 Å². The fourth-order valence-electron chi connectivity index (χ4n) is 7.59. The minimum absolute atomic E-state index is 0.0171. The largest absolute Gasteiger partial charge is 0.465 e. The molecule has 2 saturated heterocycles. The highest BCUT2D eigenvalue weighted by molar-refractivity contribution is 5.96. The van der Waals surface area contributed by atoms with E-state index in [1.165, 1.54) is 0 Å². The van der Waals surface area contributed by atoms with Gasteiger partial charge in [0.05, 0.1) is 25.3 Å². The van der Waals surface area contributed by atoms with Crippen molar-refractivity contribution in [2.75, 3.05) is 46.7 Å². The molecule has 0 bridgehead atoms. The Balaban J connectivity index is 1.26. The number of morpholine rings is 1. The number of imide groups is 2. The number of carbonyl (C=O) groups excluding carboxylic acids is 2. The SMILES string of the molecule is CC(C)[C@H](Nc1ccc([C@@H]2CC[C@@H](c3ccc(N[C@H](C(=O)NC(=O)O)C(C)C)cc3)N2c2ccc(-c3ccc(N4CCOCC4)nc3)cc2)cc1)C(=O)NC(=O)O. The van der Waals surface area contributed by atoms with E-state index in [0.29, 0.717) is 24.6 Å². The Morgan fingerprint density at radius 2 is 1.11 bits per heavy atom. The normalized spacial score (nSPS) is 17.9. The zero-order chi connectivity index (χ0) is 40.6. The molecule has 14 heteroatoms. The molecule has 3 aromatic carbocycles. The van der Waals surface area contributed by atoms with E-state index >= 15 is 0 Å². The minimum atomic E-state index is -1.39. The summed E-state index contributed by atoms with van der Waals surface area (Å²) in [6, 6.07) is 27.1. The van der Waals surface area contributed by atoms with Crippen LogP contribution in [0.3, 0.4) is 0 Å². The topological polar surface area (TPSA) is 185 Å². The predicted octanol–water partition coefficient (Wildman–Crippen LogP) is 7.13. The van der Waals surface area contributed by atoms with Crippen LogP contribution in [0.5, 0.6) is 0 Å². The molecule has 0 radical (unpaired) electrons. The van der Waals surface area contributed by atoms with Crippen LogP contribution in [0.25, 0.3) is 11.1 Å². The molecule has 300 valence electrons. The second kappa shape index (κ2) is 18.2. The molecule has 0 unspecified atom stereocenters. The average molecular weight is 778 g/mol. The molecule has 2 fully saturated rings. The quantitative estimate of drug-likeness (QED) is 0.0808. The molecule has 0 saturated carbocycles. The number of aromatic nitrogens is 1. The maximum atomic E-state index is 12.6. The molecule has 14 nitrogen and oxygen atoms in total. The standard InChI is InChI=1S/C43H51N7O7/c1-26(2)38(40(51)47-42(53)54)45-32-12-5-29(6-13-32)35-18-19-36(30-7-14-33(15-8-30)46-39(27(3)4)41(52)48-43(55)56)50(35)34-16-9-28(10-17-34)31-11-20-37(44-25-31)49-21-23-57-24-22-49/h5-17,20,25-27,35-36,38-39,45-46H,18-19,21-24H2,1-4H3,(H,47,51)(H,48,52)(H,53,54)(H,55,56)/t35-,36-,38-,39-/m0/s1. The zero-order valence-electron chi connectivity index (χ0n) is 32.6. The van der Waals surface area contributed by atoms with Gasteiger partial charge >= 0.3 is 12.2 Å². The maximum absolute atomic E-state index is 12.6. The van der Waals surface area contributed by atoms with E-state index in [1.54, 1.807) is 0 Å². The highest BCUT2D eigenvalue weighted by Gasteiger charge is 2.36. The van der Waals surface area contributed by atoms with Gasteiger partial charge in [0.1, 0.15) is 17.9 Å². The number of anilines is 4. The number of rotatable bonds is 13. The second-order valence-corrected chi connectivity index (χ2v) is 15.1. The maximum Gasteiger partial charge on any atom is 0.411 e. The third-order valence-corrected chi connectivity index (χ3v) is 10.6. The number of hydrogen-bond acceptors (Lipinski definition) is 10. The number of carbonyl (C=O) groups is 4. The predicted molar refractivity (Wildman–Crippen MR) is 220 cm³/mol. The van der Waals surface area contributed by atoms with E-state index in [9.17, 15) is 19.2 Å². The van der Waals surface area contributed by atoms with Gasteiger partial charge in [0.25, 0.3) is 11.8 Å². The van der Waals surface area contributed by atoms with Gasteiger partial charge in [-0.25, -0.2) is 14.6 Å². The summed E-state index contributed by atoms with van der Waals surface area (Å²) in [6.45, 7) is 10.5. The van der Waals surface area contributed by atoms with Crippen LogP contribution in [0.1, 0.15) is 63.7 Å². The number of pyridine rings is 1. The third-order valence-electron chi connectivity index (χ3n) is 10.6. The van der Waals surface area contributed by atoms with Crippen molar-refractivity contribution in [2.24, 2.45) is 11.8 Å². The molecule has 4 aromatic rings. The summed E-state index contributed by atoms with van der Waals surface area (Å²) in [5.74, 6) is -0.589. The van der Waals surface area contributed by atoms with E-state index in [1.807, 2.05) is 93.1 Å². The van der Waals surface area contributed by atoms with Crippen LogP contribution >= 0.6 is 0 Å². The van der Waals surface area contributed by atoms with Crippen molar-refractivity contribution in [2.45, 2.75) is 64.7 Å². The lowest BCUT2D eigenvalue weighted by Gasteiger charge is -2.34. The number of carboxylic acid groups (broad SMARTS) is 2. The Morgan fingerprint density at radius 3 is 1.51 bits per heavy atom. The van der Waals surface area contributed by atoms with Crippen molar-refractivity contribution >= 4 is 46.9 Å². The molecule has 6 rings (SSSR count). The molecule has 4 atom stereocenters. The Kier molecular flexibility index (Phi) is 12.9. The van der Waals surface area contributed by atoms with Crippen molar-refractivity contribution in [3.63, 3.8) is 0 Å². The van der Waals surface area contributed by atoms with Gasteiger partial charge in [-0.05, 0) is 89.9 Å². The zero-order valence-corrected chi connectivity index (χ0v) is 32.6. The summed E-state index contributed by atoms with van der Waals surface area (Å²) >= 11 is 0. The van der Waals surface area contributed by atoms with Gasteiger partial charge in [0.2, 0.25) is 0 Å². The molecule has 6 N–H and O–H groups in total. The average Bonchev–Trinajstić information content (AvgIpc) is 3.64. The van der Waals surface area contributed by atoms with E-state index in [0.717, 1.165) is 59.7 Å². The van der Waals surface area contributed by atoms with Crippen molar-refractivity contribution in [1.29, 1.82) is 0 Å². The number of ether oxygens (including phenoxy) is 1. The first-order chi connectivity index (χ1) is 27.4. The Labute approximate surface area is 332 Å². The highest BCUT2D eigenvalue weighted by Crippen LogP contribution is 2.47. The summed E-state index contributed by atoms with van der Waals surface area (Å²) < 4.78 is 5.49. The lowest BCUT2D eigenvalue weighted by atomic mass is 10.0. The van der Waals surface area contributed by atoms with Gasteiger partial charge in [0, 0.05) is 41.9 Å². The fraction of sp³-hybridized carbons (Fsp3) is 0.372.